The van der Waals surface area contributed by atoms with Gasteiger partial charge in [0.25, 0.3) is 0 Å². The van der Waals surface area contributed by atoms with Crippen LogP contribution in [0.4, 0.5) is 0 Å². The second kappa shape index (κ2) is 4.81. The predicted molar refractivity (Wildman–Crippen MR) is 81.8 cm³/mol. The second-order valence-corrected chi connectivity index (χ2v) is 9.44. The fourth-order valence-corrected chi connectivity index (χ4v) is 2.90. The largest absolute Gasteiger partial charge is 0.298 e. The minimum absolute atomic E-state index is 0.299. The van der Waals surface area contributed by atoms with Crippen LogP contribution < -0.4 is 0 Å². The summed E-state index contributed by atoms with van der Waals surface area (Å²) in [4.78, 5) is 2.71. The van der Waals surface area contributed by atoms with Gasteiger partial charge in [-0.15, -0.1) is 0 Å². The van der Waals surface area contributed by atoms with Gasteiger partial charge in [0, 0.05) is 18.6 Å². The van der Waals surface area contributed by atoms with Crippen molar-refractivity contribution in [3.8, 4) is 0 Å². The molecule has 0 aromatic carbocycles. The van der Waals surface area contributed by atoms with Gasteiger partial charge in [0.1, 0.15) is 0 Å². The van der Waals surface area contributed by atoms with Gasteiger partial charge in [-0.25, -0.2) is 0 Å². The zero-order valence-electron chi connectivity index (χ0n) is 14.2. The third-order valence-corrected chi connectivity index (χ3v) is 4.85. The molecule has 108 valence electrons. The number of hydrogen-bond acceptors (Lipinski definition) is 1. The van der Waals surface area contributed by atoms with Crippen LogP contribution in [0.1, 0.15) is 68.7 Å². The molecule has 0 saturated carbocycles. The fourth-order valence-electron chi connectivity index (χ4n) is 2.90. The summed E-state index contributed by atoms with van der Waals surface area (Å²) in [6.07, 6.45) is 1.39. The van der Waals surface area contributed by atoms with Gasteiger partial charge in [0.15, 0.2) is 0 Å². The molecular formula is C17H35N. The van der Waals surface area contributed by atoms with Crippen LogP contribution in [0.15, 0.2) is 0 Å². The summed E-state index contributed by atoms with van der Waals surface area (Å²) in [5.41, 5.74) is 1.15. The highest BCUT2D eigenvalue weighted by atomic mass is 15.2. The molecule has 0 aromatic heterocycles. The normalized spacial score (nSPS) is 28.5. The molecule has 0 amide bonds. The summed E-state index contributed by atoms with van der Waals surface area (Å²) < 4.78 is 0. The zero-order valence-corrected chi connectivity index (χ0v) is 14.2. The lowest BCUT2D eigenvalue weighted by molar-refractivity contribution is -0.0214. The molecule has 0 radical (unpaired) electrons. The number of rotatable bonds is 0. The van der Waals surface area contributed by atoms with Crippen molar-refractivity contribution in [3.05, 3.63) is 0 Å². The van der Waals surface area contributed by atoms with Crippen molar-refractivity contribution in [2.24, 2.45) is 22.7 Å². The first-order chi connectivity index (χ1) is 7.82. The Morgan fingerprint density at radius 3 is 1.22 bits per heavy atom. The van der Waals surface area contributed by atoms with Crippen molar-refractivity contribution in [3.63, 3.8) is 0 Å². The van der Waals surface area contributed by atoms with Gasteiger partial charge in [0.2, 0.25) is 0 Å². The lowest BCUT2D eigenvalue weighted by atomic mass is 9.66. The minimum Gasteiger partial charge on any atom is -0.298 e. The molecule has 0 N–H and O–H groups in total. The van der Waals surface area contributed by atoms with Crippen molar-refractivity contribution >= 4 is 0 Å². The maximum absolute atomic E-state index is 2.71. The average Bonchev–Trinajstić information content (AvgIpc) is 2.13. The Balaban J connectivity index is 2.93. The first-order valence-electron chi connectivity index (χ1n) is 7.57. The average molecular weight is 253 g/mol. The predicted octanol–water partition coefficient (Wildman–Crippen LogP) is 4.82. The summed E-state index contributed by atoms with van der Waals surface area (Å²) in [5.74, 6) is 1.63. The Bertz CT molecular complexity index is 218. The molecule has 0 aliphatic carbocycles. The van der Waals surface area contributed by atoms with E-state index in [0.717, 1.165) is 11.8 Å². The minimum atomic E-state index is 0.299. The molecular weight excluding hydrogens is 218 g/mol. The highest BCUT2D eigenvalue weighted by Gasteiger charge is 2.41. The molecule has 1 aliphatic rings. The molecule has 2 unspecified atom stereocenters. The summed E-state index contributed by atoms with van der Waals surface area (Å²) >= 11 is 0. The standard InChI is InChI=1S/C17H35N/c1-15(2,3)13-10-14(16(4,5)6)12-18(11-13)17(7,8)9/h13-14H,10-12H2,1-9H3. The molecule has 1 rings (SSSR count). The molecule has 1 aliphatic heterocycles. The highest BCUT2D eigenvalue weighted by Crippen LogP contribution is 2.43. The number of piperidine rings is 1. The molecule has 0 spiro atoms. The summed E-state index contributed by atoms with van der Waals surface area (Å²) in [7, 11) is 0. The van der Waals surface area contributed by atoms with Crippen LogP contribution in [0.2, 0.25) is 0 Å². The number of nitrogens with zero attached hydrogens (tertiary/aromatic N) is 1. The van der Waals surface area contributed by atoms with Crippen molar-refractivity contribution in [2.75, 3.05) is 13.1 Å². The Hall–Kier alpha value is -0.0400. The maximum atomic E-state index is 2.71. The maximum Gasteiger partial charge on any atom is 0.0125 e. The van der Waals surface area contributed by atoms with Gasteiger partial charge in [-0.2, -0.15) is 0 Å². The summed E-state index contributed by atoms with van der Waals surface area (Å²) in [5, 5.41) is 0. The van der Waals surface area contributed by atoms with Crippen LogP contribution in [0.25, 0.3) is 0 Å². The van der Waals surface area contributed by atoms with E-state index in [9.17, 15) is 0 Å². The van der Waals surface area contributed by atoms with Crippen LogP contribution in [-0.2, 0) is 0 Å². The van der Waals surface area contributed by atoms with E-state index in [4.69, 9.17) is 0 Å². The van der Waals surface area contributed by atoms with Crippen LogP contribution >= 0.6 is 0 Å². The van der Waals surface area contributed by atoms with E-state index in [-0.39, 0.29) is 0 Å². The second-order valence-electron chi connectivity index (χ2n) is 9.44. The van der Waals surface area contributed by atoms with Crippen molar-refractivity contribution in [2.45, 2.75) is 74.3 Å². The van der Waals surface area contributed by atoms with E-state index < -0.39 is 0 Å². The van der Waals surface area contributed by atoms with Gasteiger partial charge in [0.05, 0.1) is 0 Å². The first-order valence-corrected chi connectivity index (χ1v) is 7.57. The monoisotopic (exact) mass is 253 g/mol. The Morgan fingerprint density at radius 1 is 0.667 bits per heavy atom. The van der Waals surface area contributed by atoms with E-state index >= 15 is 0 Å². The van der Waals surface area contributed by atoms with Gasteiger partial charge in [-0.05, 0) is 49.9 Å². The van der Waals surface area contributed by atoms with E-state index in [1.165, 1.54) is 19.5 Å². The van der Waals surface area contributed by atoms with E-state index in [1.54, 1.807) is 0 Å². The molecule has 1 saturated heterocycles. The quantitative estimate of drug-likeness (QED) is 0.598. The molecule has 0 bridgehead atoms. The van der Waals surface area contributed by atoms with Crippen LogP contribution in [0.5, 0.6) is 0 Å². The lowest BCUT2D eigenvalue weighted by Gasteiger charge is -2.51. The van der Waals surface area contributed by atoms with Crippen molar-refractivity contribution < 1.29 is 0 Å². The van der Waals surface area contributed by atoms with Gasteiger partial charge in [-0.3, -0.25) is 4.90 Å². The van der Waals surface area contributed by atoms with Gasteiger partial charge in [-0.1, -0.05) is 41.5 Å². The third-order valence-electron chi connectivity index (χ3n) is 4.85. The van der Waals surface area contributed by atoms with E-state index in [0.29, 0.717) is 16.4 Å². The number of hydrogen-bond donors (Lipinski definition) is 0. The Morgan fingerprint density at radius 2 is 1.00 bits per heavy atom. The van der Waals surface area contributed by atoms with Gasteiger partial charge >= 0.3 is 0 Å². The lowest BCUT2D eigenvalue weighted by Crippen LogP contribution is -2.54. The Labute approximate surface area is 115 Å². The van der Waals surface area contributed by atoms with Crippen molar-refractivity contribution in [1.82, 2.24) is 4.90 Å². The molecule has 0 aromatic rings. The molecule has 1 nitrogen and oxygen atoms in total. The van der Waals surface area contributed by atoms with E-state index in [2.05, 4.69) is 67.2 Å². The molecule has 1 fully saturated rings. The number of likely N-dealkylation sites (tertiary alicyclic amines) is 1. The Kier molecular flexibility index (Phi) is 4.28. The molecule has 1 heterocycles. The molecule has 18 heavy (non-hydrogen) atoms. The van der Waals surface area contributed by atoms with Crippen LogP contribution in [0, 0.1) is 22.7 Å². The SMILES string of the molecule is CC(C)(C)C1CC(C(C)(C)C)CN(C(C)(C)C)C1. The smallest absolute Gasteiger partial charge is 0.0125 e. The van der Waals surface area contributed by atoms with Crippen LogP contribution in [0.3, 0.4) is 0 Å². The summed E-state index contributed by atoms with van der Waals surface area (Å²) in [6.45, 7) is 24.0. The van der Waals surface area contributed by atoms with Crippen LogP contribution in [-0.4, -0.2) is 23.5 Å². The van der Waals surface area contributed by atoms with E-state index in [1.807, 2.05) is 0 Å². The molecule has 1 heteroatoms. The van der Waals surface area contributed by atoms with Crippen molar-refractivity contribution in [1.29, 1.82) is 0 Å². The third kappa shape index (κ3) is 3.98. The first kappa shape index (κ1) is 16.0. The topological polar surface area (TPSA) is 3.24 Å². The molecule has 2 atom stereocenters. The highest BCUT2D eigenvalue weighted by molar-refractivity contribution is 4.93. The van der Waals surface area contributed by atoms with Gasteiger partial charge < -0.3 is 0 Å². The fraction of sp³-hybridized carbons (Fsp3) is 1.00. The summed E-state index contributed by atoms with van der Waals surface area (Å²) in [6, 6.07) is 0. The zero-order chi connectivity index (χ0) is 14.4.